The third-order valence-electron chi connectivity index (χ3n) is 3.18. The molecular weight excluding hydrogens is 314 g/mol. The number of likely N-dealkylation sites (tertiary alicyclic amines) is 1. The van der Waals surface area contributed by atoms with Gasteiger partial charge in [-0.1, -0.05) is 0 Å². The van der Waals surface area contributed by atoms with Gasteiger partial charge in [0.15, 0.2) is 0 Å². The molecule has 2 heterocycles. The zero-order valence-corrected chi connectivity index (χ0v) is 13.2. The van der Waals surface area contributed by atoms with Crippen LogP contribution in [0.3, 0.4) is 0 Å². The molecule has 0 atom stereocenters. The van der Waals surface area contributed by atoms with Crippen LogP contribution in [0.4, 0.5) is 0 Å². The minimum absolute atomic E-state index is 0.271. The van der Waals surface area contributed by atoms with E-state index >= 15 is 0 Å². The highest BCUT2D eigenvalue weighted by Crippen LogP contribution is 2.24. The summed E-state index contributed by atoms with van der Waals surface area (Å²) in [6, 6.07) is 0. The highest BCUT2D eigenvalue weighted by molar-refractivity contribution is 9.10. The number of rotatable bonds is 4. The first-order valence-electron chi connectivity index (χ1n) is 6.13. The Kier molecular flexibility index (Phi) is 4.72. The Morgan fingerprint density at radius 2 is 2.11 bits per heavy atom. The molecule has 2 rings (SSSR count). The second-order valence-electron chi connectivity index (χ2n) is 4.55. The SMILES string of the molecule is Cc1nn(C)c(CSCC(=O)N2CCCC2)c1Br. The average molecular weight is 332 g/mol. The topological polar surface area (TPSA) is 38.1 Å². The van der Waals surface area contributed by atoms with Crippen molar-refractivity contribution in [3.05, 3.63) is 15.9 Å². The maximum atomic E-state index is 11.9. The van der Waals surface area contributed by atoms with Crippen molar-refractivity contribution in [3.8, 4) is 0 Å². The number of aryl methyl sites for hydroxylation is 2. The van der Waals surface area contributed by atoms with Crippen LogP contribution >= 0.6 is 27.7 Å². The summed E-state index contributed by atoms with van der Waals surface area (Å²) in [6.07, 6.45) is 2.31. The number of aromatic nitrogens is 2. The van der Waals surface area contributed by atoms with E-state index in [0.29, 0.717) is 5.75 Å². The van der Waals surface area contributed by atoms with E-state index in [1.54, 1.807) is 11.8 Å². The van der Waals surface area contributed by atoms with Gasteiger partial charge in [-0.2, -0.15) is 5.10 Å². The van der Waals surface area contributed by atoms with Crippen molar-refractivity contribution in [1.82, 2.24) is 14.7 Å². The monoisotopic (exact) mass is 331 g/mol. The molecule has 18 heavy (non-hydrogen) atoms. The fourth-order valence-electron chi connectivity index (χ4n) is 2.13. The summed E-state index contributed by atoms with van der Waals surface area (Å²) in [5.41, 5.74) is 2.14. The van der Waals surface area contributed by atoms with Gasteiger partial charge in [0.2, 0.25) is 5.91 Å². The molecule has 0 saturated carbocycles. The lowest BCUT2D eigenvalue weighted by atomic mass is 10.4. The van der Waals surface area contributed by atoms with Crippen molar-refractivity contribution in [3.63, 3.8) is 0 Å². The van der Waals surface area contributed by atoms with Crippen LogP contribution in [0.5, 0.6) is 0 Å². The molecular formula is C12H18BrN3OS. The van der Waals surface area contributed by atoms with Crippen LogP contribution in [0, 0.1) is 6.92 Å². The third kappa shape index (κ3) is 3.09. The van der Waals surface area contributed by atoms with Crippen LogP contribution in [0.25, 0.3) is 0 Å². The quantitative estimate of drug-likeness (QED) is 0.849. The van der Waals surface area contributed by atoms with Crippen LogP contribution in [0.15, 0.2) is 4.47 Å². The van der Waals surface area contributed by atoms with Gasteiger partial charge in [0.1, 0.15) is 0 Å². The van der Waals surface area contributed by atoms with E-state index in [4.69, 9.17) is 0 Å². The number of halogens is 1. The van der Waals surface area contributed by atoms with E-state index in [2.05, 4.69) is 21.0 Å². The summed E-state index contributed by atoms with van der Waals surface area (Å²) in [7, 11) is 1.94. The summed E-state index contributed by atoms with van der Waals surface area (Å²) in [5.74, 6) is 1.65. The number of carbonyl (C=O) groups is 1. The van der Waals surface area contributed by atoms with Gasteiger partial charge in [0.25, 0.3) is 0 Å². The molecule has 1 amide bonds. The van der Waals surface area contributed by atoms with Gasteiger partial charge >= 0.3 is 0 Å². The lowest BCUT2D eigenvalue weighted by Gasteiger charge is -2.14. The van der Waals surface area contributed by atoms with Crippen molar-refractivity contribution < 1.29 is 4.79 Å². The van der Waals surface area contributed by atoms with Crippen LogP contribution < -0.4 is 0 Å². The van der Waals surface area contributed by atoms with E-state index < -0.39 is 0 Å². The van der Waals surface area contributed by atoms with Crippen molar-refractivity contribution in [1.29, 1.82) is 0 Å². The van der Waals surface area contributed by atoms with Gasteiger partial charge in [-0.3, -0.25) is 9.48 Å². The molecule has 4 nitrogen and oxygen atoms in total. The molecule has 100 valence electrons. The van der Waals surface area contributed by atoms with E-state index in [9.17, 15) is 4.79 Å². The summed E-state index contributed by atoms with van der Waals surface area (Å²) in [4.78, 5) is 13.9. The fourth-order valence-corrected chi connectivity index (χ4v) is 3.78. The smallest absolute Gasteiger partial charge is 0.232 e. The molecule has 0 spiro atoms. The summed E-state index contributed by atoms with van der Waals surface area (Å²) < 4.78 is 2.94. The first kappa shape index (κ1) is 13.9. The molecule has 1 aromatic heterocycles. The number of hydrogen-bond acceptors (Lipinski definition) is 3. The molecule has 1 aromatic rings. The van der Waals surface area contributed by atoms with Gasteiger partial charge in [0.05, 0.1) is 21.6 Å². The number of carbonyl (C=O) groups excluding carboxylic acids is 1. The molecule has 0 bridgehead atoms. The predicted molar refractivity (Wildman–Crippen MR) is 77.6 cm³/mol. The molecule has 1 aliphatic heterocycles. The van der Waals surface area contributed by atoms with Crippen LogP contribution in [0.2, 0.25) is 0 Å². The zero-order chi connectivity index (χ0) is 13.1. The Bertz CT molecular complexity index is 441. The maximum Gasteiger partial charge on any atom is 0.232 e. The molecule has 1 saturated heterocycles. The Labute approximate surface area is 120 Å². The second-order valence-corrected chi connectivity index (χ2v) is 6.33. The highest BCUT2D eigenvalue weighted by Gasteiger charge is 2.18. The largest absolute Gasteiger partial charge is 0.342 e. The molecule has 0 aliphatic carbocycles. The fraction of sp³-hybridized carbons (Fsp3) is 0.667. The van der Waals surface area contributed by atoms with Crippen molar-refractivity contribution in [2.24, 2.45) is 7.05 Å². The summed E-state index contributed by atoms with van der Waals surface area (Å²) in [6.45, 7) is 3.86. The van der Waals surface area contributed by atoms with Crippen LogP contribution in [-0.4, -0.2) is 39.4 Å². The first-order chi connectivity index (χ1) is 8.59. The molecule has 0 N–H and O–H groups in total. The Morgan fingerprint density at radius 1 is 1.44 bits per heavy atom. The maximum absolute atomic E-state index is 11.9. The molecule has 0 unspecified atom stereocenters. The average Bonchev–Trinajstić information content (AvgIpc) is 2.93. The van der Waals surface area contributed by atoms with Crippen LogP contribution in [0.1, 0.15) is 24.2 Å². The van der Waals surface area contributed by atoms with Gasteiger partial charge in [-0.15, -0.1) is 11.8 Å². The Morgan fingerprint density at radius 3 is 2.67 bits per heavy atom. The number of amides is 1. The lowest BCUT2D eigenvalue weighted by Crippen LogP contribution is -2.29. The minimum atomic E-state index is 0.271. The van der Waals surface area contributed by atoms with Gasteiger partial charge in [-0.25, -0.2) is 0 Å². The lowest BCUT2D eigenvalue weighted by molar-refractivity contribution is -0.127. The first-order valence-corrected chi connectivity index (χ1v) is 8.08. The molecule has 0 aromatic carbocycles. The standard InChI is InChI=1S/C12H18BrN3OS/c1-9-12(13)10(15(2)14-9)7-18-8-11(17)16-5-3-4-6-16/h3-8H2,1-2H3. The molecule has 1 aliphatic rings. The van der Waals surface area contributed by atoms with Crippen LogP contribution in [-0.2, 0) is 17.6 Å². The third-order valence-corrected chi connectivity index (χ3v) is 5.14. The van der Waals surface area contributed by atoms with Gasteiger partial charge < -0.3 is 4.90 Å². The van der Waals surface area contributed by atoms with E-state index in [1.807, 2.05) is 23.6 Å². The predicted octanol–water partition coefficient (Wildman–Crippen LogP) is 2.35. The Hall–Kier alpha value is -0.490. The number of thioether (sulfide) groups is 1. The normalized spacial score (nSPS) is 15.4. The second kappa shape index (κ2) is 6.10. The zero-order valence-electron chi connectivity index (χ0n) is 10.8. The van der Waals surface area contributed by atoms with E-state index in [0.717, 1.165) is 47.5 Å². The van der Waals surface area contributed by atoms with Crippen molar-refractivity contribution in [2.75, 3.05) is 18.8 Å². The van der Waals surface area contributed by atoms with Crippen molar-refractivity contribution in [2.45, 2.75) is 25.5 Å². The summed E-state index contributed by atoms with van der Waals surface area (Å²) in [5, 5.41) is 4.35. The Balaban J connectivity index is 1.83. The molecule has 0 radical (unpaired) electrons. The highest BCUT2D eigenvalue weighted by atomic mass is 79.9. The van der Waals surface area contributed by atoms with Gasteiger partial charge in [0, 0.05) is 25.9 Å². The number of hydrogen-bond donors (Lipinski definition) is 0. The molecule has 6 heteroatoms. The van der Waals surface area contributed by atoms with Crippen molar-refractivity contribution >= 4 is 33.6 Å². The summed E-state index contributed by atoms with van der Waals surface area (Å²) >= 11 is 5.20. The van der Waals surface area contributed by atoms with E-state index in [1.165, 1.54) is 0 Å². The van der Waals surface area contributed by atoms with E-state index in [-0.39, 0.29) is 5.91 Å². The number of nitrogens with zero attached hydrogens (tertiary/aromatic N) is 3. The minimum Gasteiger partial charge on any atom is -0.342 e. The molecule has 1 fully saturated rings. The van der Waals surface area contributed by atoms with Gasteiger partial charge in [-0.05, 0) is 35.7 Å².